The lowest BCUT2D eigenvalue weighted by atomic mass is 9.95. The Labute approximate surface area is 145 Å². The minimum atomic E-state index is -0.510. The van der Waals surface area contributed by atoms with Gasteiger partial charge in [-0.05, 0) is 66.2 Å². The third-order valence-electron chi connectivity index (χ3n) is 6.12. The molecule has 4 rings (SSSR count). The second-order valence-electron chi connectivity index (χ2n) is 9.27. The second kappa shape index (κ2) is 5.91. The number of Topliss-reactive ketones (excluding diaryl/α,β-unsaturated/α-hetero) is 2. The van der Waals surface area contributed by atoms with Gasteiger partial charge in [-0.1, -0.05) is 12.8 Å². The first-order chi connectivity index (χ1) is 11.1. The molecule has 2 saturated heterocycles. The van der Waals surface area contributed by atoms with Crippen LogP contribution in [0.3, 0.4) is 0 Å². The fourth-order valence-corrected chi connectivity index (χ4v) is 4.93. The van der Waals surface area contributed by atoms with Gasteiger partial charge in [-0.15, -0.1) is 0 Å². The first-order valence-electron chi connectivity index (χ1n) is 9.55. The zero-order valence-electron chi connectivity index (χ0n) is 15.7. The third kappa shape index (κ3) is 3.32. The van der Waals surface area contributed by atoms with Crippen LogP contribution in [-0.4, -0.2) is 34.0 Å². The van der Waals surface area contributed by atoms with Crippen molar-refractivity contribution >= 4 is 11.6 Å². The van der Waals surface area contributed by atoms with Crippen molar-refractivity contribution in [3.63, 3.8) is 0 Å². The fourth-order valence-electron chi connectivity index (χ4n) is 4.93. The highest BCUT2D eigenvalue weighted by Gasteiger charge is 2.52. The van der Waals surface area contributed by atoms with Crippen LogP contribution in [0.1, 0.15) is 91.9 Å². The molecule has 4 fully saturated rings. The van der Waals surface area contributed by atoms with Gasteiger partial charge in [0.1, 0.15) is 11.2 Å². The summed E-state index contributed by atoms with van der Waals surface area (Å²) in [7, 11) is 0. The Balaban J connectivity index is 0.000000141. The number of rotatable bonds is 0. The molecule has 2 saturated carbocycles. The summed E-state index contributed by atoms with van der Waals surface area (Å²) in [5.41, 5.74) is -1.13. The van der Waals surface area contributed by atoms with Crippen molar-refractivity contribution in [2.45, 2.75) is 114 Å². The molecule has 2 heterocycles. The molecule has 24 heavy (non-hydrogen) atoms. The summed E-state index contributed by atoms with van der Waals surface area (Å²) >= 11 is 0. The molecule has 0 aromatic carbocycles. The quantitative estimate of drug-likeness (QED) is 0.667. The van der Waals surface area contributed by atoms with Crippen molar-refractivity contribution in [3.8, 4) is 0 Å². The molecule has 0 aromatic heterocycles. The highest BCUT2D eigenvalue weighted by molar-refractivity contribution is 5.90. The van der Waals surface area contributed by atoms with Gasteiger partial charge in [0.15, 0.2) is 11.6 Å². The number of carbonyl (C=O) groups excluding carboxylic acids is 2. The van der Waals surface area contributed by atoms with E-state index in [2.05, 4.69) is 0 Å². The molecule has 0 unspecified atom stereocenters. The van der Waals surface area contributed by atoms with E-state index in [0.29, 0.717) is 18.6 Å². The first-order valence-corrected chi connectivity index (χ1v) is 9.55. The van der Waals surface area contributed by atoms with Gasteiger partial charge in [-0.3, -0.25) is 9.59 Å². The van der Waals surface area contributed by atoms with Crippen LogP contribution in [0.5, 0.6) is 0 Å². The first kappa shape index (κ1) is 18.1. The van der Waals surface area contributed by atoms with Crippen LogP contribution < -0.4 is 0 Å². The molecule has 2 aliphatic heterocycles. The molecule has 0 radical (unpaired) electrons. The van der Waals surface area contributed by atoms with Crippen LogP contribution in [0.25, 0.3) is 0 Å². The predicted octanol–water partition coefficient (Wildman–Crippen LogP) is 4.13. The summed E-state index contributed by atoms with van der Waals surface area (Å²) in [6.07, 6.45) is 10.1. The van der Waals surface area contributed by atoms with Crippen molar-refractivity contribution in [1.82, 2.24) is 0 Å². The van der Waals surface area contributed by atoms with Gasteiger partial charge in [0, 0.05) is 12.8 Å². The molecule has 136 valence electrons. The summed E-state index contributed by atoms with van der Waals surface area (Å²) < 4.78 is 11.7. The molecular formula is C20H32O4. The molecule has 2 spiro atoms. The van der Waals surface area contributed by atoms with Gasteiger partial charge in [-0.2, -0.15) is 0 Å². The van der Waals surface area contributed by atoms with E-state index in [9.17, 15) is 9.59 Å². The van der Waals surface area contributed by atoms with Crippen LogP contribution in [0.4, 0.5) is 0 Å². The lowest BCUT2D eigenvalue weighted by Crippen LogP contribution is -2.33. The number of ether oxygens (including phenoxy) is 2. The number of hydrogen-bond acceptors (Lipinski definition) is 4. The molecular weight excluding hydrogens is 304 g/mol. The van der Waals surface area contributed by atoms with E-state index in [0.717, 1.165) is 38.5 Å². The Kier molecular flexibility index (Phi) is 4.45. The molecule has 0 amide bonds. The van der Waals surface area contributed by atoms with Crippen LogP contribution >= 0.6 is 0 Å². The predicted molar refractivity (Wildman–Crippen MR) is 92.0 cm³/mol. The fraction of sp³-hybridized carbons (Fsp3) is 0.900. The highest BCUT2D eigenvalue weighted by atomic mass is 16.5. The maximum Gasteiger partial charge on any atom is 0.167 e. The number of carbonyl (C=O) groups is 2. The lowest BCUT2D eigenvalue weighted by molar-refractivity contribution is -0.136. The largest absolute Gasteiger partial charge is 0.361 e. The van der Waals surface area contributed by atoms with Gasteiger partial charge in [0.2, 0.25) is 0 Å². The molecule has 0 bridgehead atoms. The van der Waals surface area contributed by atoms with E-state index in [1.807, 2.05) is 27.7 Å². The van der Waals surface area contributed by atoms with E-state index in [-0.39, 0.29) is 22.6 Å². The molecule has 0 N–H and O–H groups in total. The second-order valence-corrected chi connectivity index (χ2v) is 9.27. The van der Waals surface area contributed by atoms with Gasteiger partial charge in [-0.25, -0.2) is 0 Å². The van der Waals surface area contributed by atoms with Crippen molar-refractivity contribution in [2.24, 2.45) is 0 Å². The summed E-state index contributed by atoms with van der Waals surface area (Å²) in [6, 6.07) is 0. The smallest absolute Gasteiger partial charge is 0.167 e. The topological polar surface area (TPSA) is 52.6 Å². The SMILES string of the molecule is CC1(C)CC(=O)C2(CCCC2)O1.CC1(C)OC2(CCCC2)CC1=O. The summed E-state index contributed by atoms with van der Waals surface area (Å²) in [5.74, 6) is 0.620. The van der Waals surface area contributed by atoms with Crippen LogP contribution in [0, 0.1) is 0 Å². The Morgan fingerprint density at radius 1 is 0.708 bits per heavy atom. The van der Waals surface area contributed by atoms with Crippen molar-refractivity contribution in [3.05, 3.63) is 0 Å². The zero-order chi connectivity index (χ0) is 17.6. The van der Waals surface area contributed by atoms with E-state index in [4.69, 9.17) is 9.47 Å². The summed E-state index contributed by atoms with van der Waals surface area (Å²) in [6.45, 7) is 7.81. The number of hydrogen-bond donors (Lipinski definition) is 0. The Bertz CT molecular complexity index is 520. The van der Waals surface area contributed by atoms with Gasteiger partial charge in [0.25, 0.3) is 0 Å². The van der Waals surface area contributed by atoms with Crippen molar-refractivity contribution in [2.75, 3.05) is 0 Å². The van der Waals surface area contributed by atoms with E-state index < -0.39 is 5.60 Å². The average molecular weight is 336 g/mol. The lowest BCUT2D eigenvalue weighted by Gasteiger charge is -2.25. The van der Waals surface area contributed by atoms with E-state index in [1.165, 1.54) is 12.8 Å². The molecule has 4 aliphatic rings. The van der Waals surface area contributed by atoms with Crippen molar-refractivity contribution < 1.29 is 19.1 Å². The molecule has 4 heteroatoms. The minimum Gasteiger partial charge on any atom is -0.361 e. The minimum absolute atomic E-state index is 0.0550. The molecule has 0 aromatic rings. The maximum absolute atomic E-state index is 11.7. The van der Waals surface area contributed by atoms with Gasteiger partial charge in [0.05, 0.1) is 11.2 Å². The Morgan fingerprint density at radius 3 is 1.67 bits per heavy atom. The molecule has 4 nitrogen and oxygen atoms in total. The summed E-state index contributed by atoms with van der Waals surface area (Å²) in [5, 5.41) is 0. The van der Waals surface area contributed by atoms with Crippen LogP contribution in [-0.2, 0) is 19.1 Å². The van der Waals surface area contributed by atoms with Gasteiger partial charge < -0.3 is 9.47 Å². The average Bonchev–Trinajstić information content (AvgIpc) is 3.16. The third-order valence-corrected chi connectivity index (χ3v) is 6.12. The standard InChI is InChI=1S/2C10H16O2/c1-9(2)8(11)7-10(12-9)5-3-4-6-10;1-9(2)7-8(11)10(12-9)5-3-4-6-10/h2*3-7H2,1-2H3. The Hall–Kier alpha value is -0.740. The Morgan fingerprint density at radius 2 is 1.25 bits per heavy atom. The van der Waals surface area contributed by atoms with E-state index >= 15 is 0 Å². The van der Waals surface area contributed by atoms with E-state index in [1.54, 1.807) is 0 Å². The van der Waals surface area contributed by atoms with Crippen LogP contribution in [0.2, 0.25) is 0 Å². The molecule has 2 aliphatic carbocycles. The molecule has 0 atom stereocenters. The zero-order valence-corrected chi connectivity index (χ0v) is 15.7. The number of ketones is 2. The van der Waals surface area contributed by atoms with Crippen LogP contribution in [0.15, 0.2) is 0 Å². The maximum atomic E-state index is 11.7. The highest BCUT2D eigenvalue weighted by Crippen LogP contribution is 2.46. The van der Waals surface area contributed by atoms with Crippen molar-refractivity contribution in [1.29, 1.82) is 0 Å². The monoisotopic (exact) mass is 336 g/mol. The van der Waals surface area contributed by atoms with Gasteiger partial charge >= 0.3 is 0 Å². The normalized spacial score (nSPS) is 31.7. The summed E-state index contributed by atoms with van der Waals surface area (Å²) in [4.78, 5) is 23.2.